The van der Waals surface area contributed by atoms with E-state index in [1.807, 2.05) is 0 Å². The van der Waals surface area contributed by atoms with E-state index in [-0.39, 0.29) is 11.5 Å². The fraction of sp³-hybridized carbons (Fsp3) is 0.100. The van der Waals surface area contributed by atoms with Crippen LogP contribution in [0.4, 0.5) is 10.5 Å². The molecule has 8 heteroatoms. The summed E-state index contributed by atoms with van der Waals surface area (Å²) in [6.07, 6.45) is 6.85. The highest BCUT2D eigenvalue weighted by molar-refractivity contribution is 9.10. The van der Waals surface area contributed by atoms with E-state index in [0.29, 0.717) is 32.2 Å². The van der Waals surface area contributed by atoms with Crippen molar-refractivity contribution < 1.29 is 19.1 Å². The first-order chi connectivity index (χ1) is 13.4. The number of ether oxygens (including phenoxy) is 2. The number of methoxy groups -OCH3 is 1. The van der Waals surface area contributed by atoms with Gasteiger partial charge in [0.05, 0.1) is 22.2 Å². The van der Waals surface area contributed by atoms with Gasteiger partial charge in [0.1, 0.15) is 6.61 Å². The number of thioether (sulfide) groups is 1. The third-order valence-electron chi connectivity index (χ3n) is 3.71. The van der Waals surface area contributed by atoms with Crippen LogP contribution in [-0.4, -0.2) is 24.9 Å². The highest BCUT2D eigenvalue weighted by atomic mass is 79.9. The van der Waals surface area contributed by atoms with Gasteiger partial charge in [-0.1, -0.05) is 23.6 Å². The summed E-state index contributed by atoms with van der Waals surface area (Å²) in [5, 5.41) is 0.0512. The van der Waals surface area contributed by atoms with Crippen LogP contribution in [-0.2, 0) is 4.79 Å². The highest BCUT2D eigenvalue weighted by Crippen LogP contribution is 2.40. The van der Waals surface area contributed by atoms with Gasteiger partial charge >= 0.3 is 0 Å². The Morgan fingerprint density at radius 3 is 2.79 bits per heavy atom. The summed E-state index contributed by atoms with van der Waals surface area (Å²) >= 11 is 10.2. The molecule has 1 heterocycles. The van der Waals surface area contributed by atoms with E-state index < -0.39 is 11.1 Å². The Balaban J connectivity index is 1.94. The summed E-state index contributed by atoms with van der Waals surface area (Å²) in [7, 11) is 1.50. The van der Waals surface area contributed by atoms with Crippen molar-refractivity contribution in [1.82, 2.24) is 0 Å². The molecule has 1 aliphatic heterocycles. The van der Waals surface area contributed by atoms with Crippen LogP contribution in [0.1, 0.15) is 5.56 Å². The molecule has 5 nitrogen and oxygen atoms in total. The standard InChI is InChI=1S/C20H13BrClNO4S/c1-3-7-27-18-15(21)8-12(9-16(18)26-2)10-17-19(24)23(20(25)28-17)14-6-4-5-13(22)11-14/h1,4-6,8-11H,7H2,2H3/b17-10-. The minimum Gasteiger partial charge on any atom is -0.493 e. The highest BCUT2D eigenvalue weighted by Gasteiger charge is 2.36. The van der Waals surface area contributed by atoms with Crippen molar-refractivity contribution in [2.45, 2.75) is 0 Å². The lowest BCUT2D eigenvalue weighted by molar-refractivity contribution is -0.113. The van der Waals surface area contributed by atoms with Gasteiger partial charge in [-0.05, 0) is 69.7 Å². The number of imide groups is 1. The van der Waals surface area contributed by atoms with Gasteiger partial charge in [0.15, 0.2) is 11.5 Å². The van der Waals surface area contributed by atoms with Gasteiger partial charge in [-0.3, -0.25) is 9.59 Å². The zero-order valence-electron chi connectivity index (χ0n) is 14.6. The van der Waals surface area contributed by atoms with Crippen LogP contribution >= 0.6 is 39.3 Å². The number of hydrogen-bond acceptors (Lipinski definition) is 5. The number of anilines is 1. The quantitative estimate of drug-likeness (QED) is 0.427. The SMILES string of the molecule is C#CCOc1c(Br)cc(/C=C2\SC(=O)N(c3cccc(Cl)c3)C2=O)cc1OC. The average molecular weight is 479 g/mol. The second kappa shape index (κ2) is 8.74. The zero-order chi connectivity index (χ0) is 20.3. The molecule has 1 fully saturated rings. The third kappa shape index (κ3) is 4.20. The summed E-state index contributed by atoms with van der Waals surface area (Å²) in [4.78, 5) is 26.5. The second-order valence-corrected chi connectivity index (χ2v) is 7.81. The Morgan fingerprint density at radius 1 is 1.32 bits per heavy atom. The monoisotopic (exact) mass is 477 g/mol. The zero-order valence-corrected chi connectivity index (χ0v) is 17.7. The average Bonchev–Trinajstić information content (AvgIpc) is 2.93. The van der Waals surface area contributed by atoms with Gasteiger partial charge in [0.2, 0.25) is 0 Å². The molecule has 0 unspecified atom stereocenters. The van der Waals surface area contributed by atoms with Crippen molar-refractivity contribution in [2.75, 3.05) is 18.6 Å². The lowest BCUT2D eigenvalue weighted by Crippen LogP contribution is -2.27. The Morgan fingerprint density at radius 2 is 2.11 bits per heavy atom. The van der Waals surface area contributed by atoms with Gasteiger partial charge in [-0.15, -0.1) is 6.42 Å². The van der Waals surface area contributed by atoms with Crippen LogP contribution in [0.25, 0.3) is 6.08 Å². The largest absolute Gasteiger partial charge is 0.493 e. The summed E-state index contributed by atoms with van der Waals surface area (Å²) in [6, 6.07) is 10.0. The van der Waals surface area contributed by atoms with Crippen LogP contribution in [0.15, 0.2) is 45.8 Å². The molecule has 0 aliphatic carbocycles. The first kappa shape index (κ1) is 20.3. The van der Waals surface area contributed by atoms with E-state index in [9.17, 15) is 9.59 Å². The molecule has 2 amide bonds. The minimum atomic E-state index is -0.417. The van der Waals surface area contributed by atoms with E-state index >= 15 is 0 Å². The molecule has 0 saturated carbocycles. The summed E-state index contributed by atoms with van der Waals surface area (Å²) in [5.41, 5.74) is 1.09. The number of rotatable bonds is 5. The molecular formula is C20H13BrClNO4S. The Bertz CT molecular complexity index is 1030. The van der Waals surface area contributed by atoms with Crippen LogP contribution < -0.4 is 14.4 Å². The van der Waals surface area contributed by atoms with Crippen molar-refractivity contribution in [3.63, 3.8) is 0 Å². The topological polar surface area (TPSA) is 55.8 Å². The van der Waals surface area contributed by atoms with E-state index in [1.165, 1.54) is 7.11 Å². The maximum absolute atomic E-state index is 12.8. The van der Waals surface area contributed by atoms with E-state index in [1.54, 1.807) is 42.5 Å². The van der Waals surface area contributed by atoms with Crippen LogP contribution in [0.2, 0.25) is 5.02 Å². The number of terminal acetylenes is 1. The lowest BCUT2D eigenvalue weighted by atomic mass is 10.1. The fourth-order valence-electron chi connectivity index (χ4n) is 2.53. The molecule has 0 N–H and O–H groups in total. The molecular weight excluding hydrogens is 466 g/mol. The number of halogens is 2. The van der Waals surface area contributed by atoms with Crippen LogP contribution in [0.5, 0.6) is 11.5 Å². The number of carbonyl (C=O) groups excluding carboxylic acids is 2. The molecule has 2 aromatic carbocycles. The van der Waals surface area contributed by atoms with E-state index in [2.05, 4.69) is 21.9 Å². The van der Waals surface area contributed by atoms with Crippen molar-refractivity contribution in [3.05, 3.63) is 56.4 Å². The lowest BCUT2D eigenvalue weighted by Gasteiger charge is -2.13. The molecule has 0 atom stereocenters. The van der Waals surface area contributed by atoms with E-state index in [0.717, 1.165) is 16.7 Å². The predicted octanol–water partition coefficient (Wildman–Crippen LogP) is 5.36. The number of nitrogens with zero attached hydrogens (tertiary/aromatic N) is 1. The Kier molecular flexibility index (Phi) is 6.35. The maximum Gasteiger partial charge on any atom is 0.298 e. The number of benzene rings is 2. The van der Waals surface area contributed by atoms with Crippen molar-refractivity contribution in [3.8, 4) is 23.8 Å². The normalized spacial score (nSPS) is 15.1. The smallest absolute Gasteiger partial charge is 0.298 e. The number of amides is 2. The van der Waals surface area contributed by atoms with Crippen molar-refractivity contribution in [2.24, 2.45) is 0 Å². The predicted molar refractivity (Wildman–Crippen MR) is 115 cm³/mol. The molecule has 2 aromatic rings. The molecule has 1 aliphatic rings. The van der Waals surface area contributed by atoms with Gasteiger partial charge < -0.3 is 9.47 Å². The van der Waals surface area contributed by atoms with Gasteiger partial charge in [-0.2, -0.15) is 0 Å². The maximum atomic E-state index is 12.8. The number of hydrogen-bond donors (Lipinski definition) is 0. The molecule has 28 heavy (non-hydrogen) atoms. The first-order valence-corrected chi connectivity index (χ1v) is 9.90. The van der Waals surface area contributed by atoms with Crippen molar-refractivity contribution >= 4 is 62.2 Å². The molecule has 142 valence electrons. The molecule has 0 bridgehead atoms. The molecule has 0 spiro atoms. The minimum absolute atomic E-state index is 0.0901. The van der Waals surface area contributed by atoms with Gasteiger partial charge in [-0.25, -0.2) is 4.90 Å². The second-order valence-electron chi connectivity index (χ2n) is 5.52. The van der Waals surface area contributed by atoms with Gasteiger partial charge in [0.25, 0.3) is 11.1 Å². The summed E-state index contributed by atoms with van der Waals surface area (Å²) in [6.45, 7) is 0.0901. The molecule has 0 aromatic heterocycles. The summed E-state index contributed by atoms with van der Waals surface area (Å²) < 4.78 is 11.4. The molecule has 0 radical (unpaired) electrons. The first-order valence-electron chi connectivity index (χ1n) is 7.92. The summed E-state index contributed by atoms with van der Waals surface area (Å²) in [5.74, 6) is 2.89. The third-order valence-corrected chi connectivity index (χ3v) is 5.40. The molecule has 3 rings (SSSR count). The fourth-order valence-corrected chi connectivity index (χ4v) is 4.13. The van der Waals surface area contributed by atoms with E-state index in [4.69, 9.17) is 27.5 Å². The van der Waals surface area contributed by atoms with Crippen LogP contribution in [0, 0.1) is 12.3 Å². The van der Waals surface area contributed by atoms with Crippen LogP contribution in [0.3, 0.4) is 0 Å². The Hall–Kier alpha value is -2.40. The number of carbonyl (C=O) groups is 2. The van der Waals surface area contributed by atoms with Crippen molar-refractivity contribution in [1.29, 1.82) is 0 Å². The van der Waals surface area contributed by atoms with Gasteiger partial charge in [0, 0.05) is 5.02 Å². The molecule has 1 saturated heterocycles. The Labute approximate surface area is 179 Å².